The molecule has 3 aliphatic heterocycles. The highest BCUT2D eigenvalue weighted by Gasteiger charge is 2.74. The second-order valence-corrected chi connectivity index (χ2v) is 41.3. The average molecular weight is 1800 g/mol. The molecular formula is C97H123B3N3O27. The third-order valence-electron chi connectivity index (χ3n) is 31.8. The largest absolute Gasteiger partial charge is 0.484 e. The Labute approximate surface area is 760 Å². The highest BCUT2D eigenvalue weighted by molar-refractivity contribution is 6.75. The minimum absolute atomic E-state index is 0. The summed E-state index contributed by atoms with van der Waals surface area (Å²) in [6.07, 6.45) is 11.3. The summed E-state index contributed by atoms with van der Waals surface area (Å²) in [4.78, 5) is 112. The summed E-state index contributed by atoms with van der Waals surface area (Å²) < 4.78 is 58.5. The molecule has 9 N–H and O–H groups in total. The van der Waals surface area contributed by atoms with E-state index in [4.69, 9.17) is 41.7 Å². The molecule has 0 spiro atoms. The Morgan fingerprint density at radius 2 is 0.746 bits per heavy atom. The van der Waals surface area contributed by atoms with Crippen molar-refractivity contribution in [2.75, 3.05) is 19.8 Å². The standard InChI is InChI=1S/C33H39NO9.C29H35NO8.C25H31NO7.C9H14O3.CH4.B2.B/c1-31-11-10-24(42-29(38)18-8-9-18)32(2,16-40-28(37)17-6-7-17)22(31)14-23(35)33(3)27(31)26(36)25-21(43-33)13-20(41-30(25)39)19-5-4-12-34-15-19;1-27-9-8-20(31)28(2,14-36-25(34)15-6-7-15)19(27)12-21(32)29(3)24(27)23(33)22-18(38-29)11-17(37-26(22)35)16-5-4-10-30-13-16;1-23-7-6-17(28)24(2,12-27)16(23)10-18(29)25(3)21(23)20(30)19-15(33-25)9-14(32-22(19)31)13-5-4-8-26-11-13;1-9(2,3)8(11)12-7(10)6-4-5-6;;1-2;/h4-5,12-13,15,17-18,22-24,26-27,35-36H,6-11,14,16H2,1-3H3;4-5,10-11,13,15,19-21,23-24,31-33H,6-9,12,14H2,1-3H3;4-5,8-9,11,16-18,20-21,27-30H,6-7,10,12H2,1-3H3;6H,4-5H2,1-3H3;1H4;;/t22?,23-,24-,26-,27?,31-,32+,33+;19?,20-,21-,23-,24?,27-,28+,29+;16?,17-,18-,20-,21?,23-,24+,25+;;;;/m000..../s1. The number of aromatic nitrogens is 3. The van der Waals surface area contributed by atoms with E-state index >= 15 is 0 Å². The summed E-state index contributed by atoms with van der Waals surface area (Å²) in [6.45, 7) is 22.1. The minimum atomic E-state index is -1.29. The fourth-order valence-electron chi connectivity index (χ4n) is 23.9. The Morgan fingerprint density at radius 3 is 1.07 bits per heavy atom. The molecule has 6 unspecified atom stereocenters. The van der Waals surface area contributed by atoms with Gasteiger partial charge in [0.25, 0.3) is 0 Å². The zero-order valence-corrected chi connectivity index (χ0v) is 75.2. The van der Waals surface area contributed by atoms with Gasteiger partial charge < -0.3 is 92.4 Å². The molecule has 7 radical (unpaired) electrons. The van der Waals surface area contributed by atoms with Crippen molar-refractivity contribution in [2.24, 2.45) is 97.1 Å². The first-order chi connectivity index (χ1) is 60.4. The van der Waals surface area contributed by atoms with Gasteiger partial charge in [-0.3, -0.25) is 38.9 Å². The highest BCUT2D eigenvalue weighted by Crippen LogP contribution is 2.71. The molecule has 10 aliphatic carbocycles. The predicted molar refractivity (Wildman–Crippen MR) is 472 cm³/mol. The van der Waals surface area contributed by atoms with Crippen LogP contribution in [0, 0.1) is 97.1 Å². The summed E-state index contributed by atoms with van der Waals surface area (Å²) in [7, 11) is 8.00. The molecule has 0 bridgehead atoms. The van der Waals surface area contributed by atoms with Gasteiger partial charge >= 0.3 is 46.7 Å². The van der Waals surface area contributed by atoms with E-state index in [0.717, 1.165) is 51.4 Å². The van der Waals surface area contributed by atoms with Gasteiger partial charge in [0, 0.05) is 130 Å². The number of ether oxygens (including phenoxy) is 7. The topological polar surface area (TPSA) is 461 Å². The molecule has 30 nitrogen and oxygen atoms in total. The van der Waals surface area contributed by atoms with Crippen LogP contribution in [0.25, 0.3) is 34.0 Å². The molecule has 24 atom stereocenters. The van der Waals surface area contributed by atoms with Crippen molar-refractivity contribution in [1.82, 2.24) is 15.0 Å². The van der Waals surface area contributed by atoms with Crippen molar-refractivity contribution < 1.29 is 116 Å². The average Bonchev–Trinajstić information content (AvgIpc) is 1.24. The lowest BCUT2D eigenvalue weighted by Gasteiger charge is -2.66. The van der Waals surface area contributed by atoms with Crippen molar-refractivity contribution in [1.29, 1.82) is 0 Å². The molecule has 0 aromatic carbocycles. The van der Waals surface area contributed by atoms with Crippen molar-refractivity contribution >= 4 is 53.7 Å². The first kappa shape index (κ1) is 98.6. The molecule has 9 heterocycles. The zero-order valence-electron chi connectivity index (χ0n) is 75.2. The molecule has 0 amide bonds. The molecule has 6 aromatic rings. The van der Waals surface area contributed by atoms with E-state index in [1.165, 1.54) is 0 Å². The van der Waals surface area contributed by atoms with Crippen LogP contribution in [-0.2, 0) is 42.9 Å². The molecule has 19 rings (SSSR count). The van der Waals surface area contributed by atoms with Gasteiger partial charge in [-0.25, -0.2) is 14.4 Å². The van der Waals surface area contributed by atoms with Gasteiger partial charge in [0.05, 0.1) is 91.1 Å². The fourth-order valence-corrected chi connectivity index (χ4v) is 23.9. The number of hydrogen-bond donors (Lipinski definition) is 9. The second-order valence-electron chi connectivity index (χ2n) is 41.3. The summed E-state index contributed by atoms with van der Waals surface area (Å²) in [5, 5.41) is 102. The van der Waals surface area contributed by atoms with Crippen LogP contribution in [-0.4, -0.2) is 188 Å². The Kier molecular flexibility index (Phi) is 27.7. The maximum atomic E-state index is 13.4. The molecular weight excluding hydrogens is 1670 g/mol. The third-order valence-corrected chi connectivity index (χ3v) is 31.8. The van der Waals surface area contributed by atoms with Gasteiger partial charge in [0.15, 0.2) is 0 Å². The zero-order chi connectivity index (χ0) is 92.5. The summed E-state index contributed by atoms with van der Waals surface area (Å²) in [5.41, 5.74) is -8.87. The van der Waals surface area contributed by atoms with E-state index in [-0.39, 0.29) is 165 Å². The molecule has 13 aliphatic rings. The summed E-state index contributed by atoms with van der Waals surface area (Å²) in [5.74, 6) is -3.35. The van der Waals surface area contributed by atoms with Gasteiger partial charge in [-0.1, -0.05) is 49.0 Å². The maximum Gasteiger partial charge on any atom is 0.345 e. The van der Waals surface area contributed by atoms with Crippen LogP contribution in [0.1, 0.15) is 235 Å². The van der Waals surface area contributed by atoms with Gasteiger partial charge in [0.1, 0.15) is 80.7 Å². The van der Waals surface area contributed by atoms with E-state index in [9.17, 15) is 84.3 Å². The third kappa shape index (κ3) is 17.4. The number of aliphatic hydroxyl groups is 9. The molecule has 0 saturated heterocycles. The fraction of sp³-hybridized carbons (Fsp3) is 0.639. The van der Waals surface area contributed by atoms with Gasteiger partial charge in [-0.05, 0) is 221 Å². The van der Waals surface area contributed by atoms with Crippen LogP contribution in [0.15, 0.2) is 119 Å². The van der Waals surface area contributed by atoms with Crippen LogP contribution in [0.5, 0.6) is 17.2 Å². The number of aliphatic hydroxyl groups excluding tert-OH is 9. The molecule has 130 heavy (non-hydrogen) atoms. The van der Waals surface area contributed by atoms with Gasteiger partial charge in [-0.15, -0.1) is 0 Å². The van der Waals surface area contributed by atoms with Crippen LogP contribution in [0.3, 0.4) is 0 Å². The normalized spacial score (nSPS) is 36.5. The Morgan fingerprint density at radius 1 is 0.438 bits per heavy atom. The minimum Gasteiger partial charge on any atom is -0.484 e. The monoisotopic (exact) mass is 1790 g/mol. The number of rotatable bonds is 13. The number of esters is 5. The van der Waals surface area contributed by atoms with Crippen molar-refractivity contribution in [3.05, 3.63) is 140 Å². The van der Waals surface area contributed by atoms with Gasteiger partial charge in [-0.2, -0.15) is 0 Å². The quantitative estimate of drug-likeness (QED) is 0.0224. The number of carbonyl (C=O) groups excluding carboxylic acids is 5. The van der Waals surface area contributed by atoms with E-state index < -0.39 is 150 Å². The maximum absolute atomic E-state index is 13.4. The second kappa shape index (κ2) is 36.5. The lowest BCUT2D eigenvalue weighted by Crippen LogP contribution is -2.71. The Bertz CT molecular complexity index is 5350. The van der Waals surface area contributed by atoms with E-state index in [0.29, 0.717) is 61.6 Å². The lowest BCUT2D eigenvalue weighted by molar-refractivity contribution is -0.267. The first-order valence-corrected chi connectivity index (χ1v) is 44.9. The summed E-state index contributed by atoms with van der Waals surface area (Å²) in [6, 6.07) is 15.2. The molecule has 33 heteroatoms. The lowest BCUT2D eigenvalue weighted by atomic mass is 9.42. The van der Waals surface area contributed by atoms with E-state index in [1.807, 2.05) is 34.6 Å². The van der Waals surface area contributed by atoms with Crippen molar-refractivity contribution in [3.63, 3.8) is 0 Å². The van der Waals surface area contributed by atoms with Crippen LogP contribution < -0.4 is 31.1 Å². The first-order valence-electron chi connectivity index (χ1n) is 44.9. The molecule has 10 saturated carbocycles. The Balaban J connectivity index is 0.000000154. The number of carbonyl (C=O) groups is 5. The van der Waals surface area contributed by atoms with E-state index in [2.05, 4.69) is 42.1 Å². The summed E-state index contributed by atoms with van der Waals surface area (Å²) >= 11 is 0. The van der Waals surface area contributed by atoms with Crippen molar-refractivity contribution in [2.45, 2.75) is 271 Å². The SMILES string of the molecule is C.CC(C)(C)C(=O)OC(=O)C1CC1.C[C@]12CC[C@H](O)[C@](C)(CO)C1C[C@H](O)[C@@]1(C)Oc3cc(-c4cccnc4)oc(=O)c3[C@H](O)C21.C[C@]12CC[C@H](O)[C@](C)(COC(=O)C3CC3)C1C[C@H](O)[C@@]1(C)Oc3cc(-c4cccnc4)oc(=O)c3[C@H](O)C21.C[C@]12CC[C@H](OC(=O)C3CC3)[C@](C)(COC(=O)C3CC3)C1C[C@H](O)[C@@]1(C)Oc3cc(-c4cccnc4)oc(=O)c3[C@H](O)C21.[B].[B][B]. The number of hydrogen-bond acceptors (Lipinski definition) is 30. The number of pyridine rings is 3. The van der Waals surface area contributed by atoms with E-state index in [1.54, 1.807) is 133 Å². The Hall–Kier alpha value is -8.92. The van der Waals surface area contributed by atoms with Crippen molar-refractivity contribution in [3.8, 4) is 51.2 Å². The number of fused-ring (bicyclic) bond motifs is 12. The van der Waals surface area contributed by atoms with Gasteiger partial charge in [0.2, 0.25) is 0 Å². The molecule has 6 aromatic heterocycles. The smallest absolute Gasteiger partial charge is 0.345 e. The highest BCUT2D eigenvalue weighted by atomic mass is 16.6. The number of nitrogens with zero attached hydrogens (tertiary/aromatic N) is 3. The van der Waals surface area contributed by atoms with Crippen LogP contribution in [0.2, 0.25) is 0 Å². The van der Waals surface area contributed by atoms with Crippen LogP contribution in [0.4, 0.5) is 0 Å². The predicted octanol–water partition coefficient (Wildman–Crippen LogP) is 10.0. The molecule has 697 valence electrons. The molecule has 10 fully saturated rings. The van der Waals surface area contributed by atoms with Crippen LogP contribution >= 0.6 is 0 Å².